The van der Waals surface area contributed by atoms with E-state index in [9.17, 15) is 19.2 Å². The number of carbonyl (C=O) groups excluding carboxylic acids is 4. The third-order valence-corrected chi connectivity index (χ3v) is 6.04. The molecule has 2 atom stereocenters. The molecule has 1 fully saturated rings. The van der Waals surface area contributed by atoms with Crippen LogP contribution in [0.2, 0.25) is 0 Å². The van der Waals surface area contributed by atoms with E-state index in [1.165, 1.54) is 26.2 Å². The summed E-state index contributed by atoms with van der Waals surface area (Å²) in [4.78, 5) is 56.6. The zero-order valence-corrected chi connectivity index (χ0v) is 19.4. The van der Waals surface area contributed by atoms with Crippen LogP contribution in [0, 0.1) is 6.92 Å². The van der Waals surface area contributed by atoms with Crippen LogP contribution in [0.5, 0.6) is 5.75 Å². The molecule has 0 bridgehead atoms. The molecule has 0 radical (unpaired) electrons. The summed E-state index contributed by atoms with van der Waals surface area (Å²) in [7, 11) is 4.11. The average Bonchev–Trinajstić information content (AvgIpc) is 3.34. The highest BCUT2D eigenvalue weighted by atomic mass is 16.5. The summed E-state index contributed by atoms with van der Waals surface area (Å²) in [6.45, 7) is 2.17. The number of nitrogens with zero attached hydrogens (tertiary/aromatic N) is 3. The van der Waals surface area contributed by atoms with Crippen LogP contribution < -0.4 is 15.0 Å². The molecule has 5 amide bonds. The van der Waals surface area contributed by atoms with Gasteiger partial charge in [0.2, 0.25) is 6.23 Å². The Labute approximate surface area is 197 Å². The van der Waals surface area contributed by atoms with Gasteiger partial charge in [0, 0.05) is 26.4 Å². The normalized spacial score (nSPS) is 18.2. The number of para-hydroxylation sites is 1. The molecular weight excluding hydrogens is 440 g/mol. The van der Waals surface area contributed by atoms with Crippen LogP contribution in [0.25, 0.3) is 0 Å². The van der Waals surface area contributed by atoms with E-state index in [4.69, 9.17) is 9.47 Å². The molecule has 1 saturated heterocycles. The van der Waals surface area contributed by atoms with E-state index >= 15 is 0 Å². The van der Waals surface area contributed by atoms with Gasteiger partial charge in [0.25, 0.3) is 17.7 Å². The number of amides is 5. The first kappa shape index (κ1) is 23.2. The molecule has 2 aromatic rings. The quantitative estimate of drug-likeness (QED) is 0.514. The van der Waals surface area contributed by atoms with E-state index in [1.807, 2.05) is 25.1 Å². The zero-order valence-electron chi connectivity index (χ0n) is 19.4. The third kappa shape index (κ3) is 3.86. The number of aryl methyl sites for hydroxylation is 1. The van der Waals surface area contributed by atoms with E-state index in [0.29, 0.717) is 35.0 Å². The largest absolute Gasteiger partial charge is 0.495 e. The molecule has 2 aromatic carbocycles. The average molecular weight is 466 g/mol. The van der Waals surface area contributed by atoms with E-state index < -0.39 is 36.0 Å². The number of fused-ring (bicyclic) bond motifs is 1. The predicted molar refractivity (Wildman–Crippen MR) is 123 cm³/mol. The standard InChI is InChI=1S/C24H26N4O6/c1-14-9-10-18(33-3)16(13-14)25-20(29)19(28-22(31)23(34-4)26(2)24(28)32)21(30)27-12-11-15-7-5-6-8-17(15)27/h5-10,13,19,23H,11-12H2,1-4H3,(H,25,29). The third-order valence-electron chi connectivity index (χ3n) is 6.04. The molecular formula is C24H26N4O6. The second-order valence-corrected chi connectivity index (χ2v) is 8.15. The zero-order chi connectivity index (χ0) is 24.6. The number of imide groups is 1. The fraction of sp³-hybridized carbons (Fsp3) is 0.333. The highest BCUT2D eigenvalue weighted by Gasteiger charge is 2.52. The Balaban J connectivity index is 1.74. The van der Waals surface area contributed by atoms with Gasteiger partial charge in [0.1, 0.15) is 5.75 Å². The van der Waals surface area contributed by atoms with E-state index in [1.54, 1.807) is 24.3 Å². The van der Waals surface area contributed by atoms with Crippen molar-refractivity contribution in [2.75, 3.05) is 38.0 Å². The highest BCUT2D eigenvalue weighted by Crippen LogP contribution is 2.31. The number of nitrogens with one attached hydrogen (secondary N) is 1. The Morgan fingerprint density at radius 1 is 1.12 bits per heavy atom. The molecule has 0 aromatic heterocycles. The molecule has 0 aliphatic carbocycles. The number of ether oxygens (including phenoxy) is 2. The summed E-state index contributed by atoms with van der Waals surface area (Å²) in [5.74, 6) is -1.92. The molecule has 4 rings (SSSR count). The number of urea groups is 1. The van der Waals surface area contributed by atoms with Gasteiger partial charge < -0.3 is 19.7 Å². The van der Waals surface area contributed by atoms with Crippen molar-refractivity contribution in [1.29, 1.82) is 0 Å². The van der Waals surface area contributed by atoms with Crippen LogP contribution in [0.15, 0.2) is 42.5 Å². The smallest absolute Gasteiger partial charge is 0.330 e. The minimum absolute atomic E-state index is 0.322. The number of methoxy groups -OCH3 is 2. The lowest BCUT2D eigenvalue weighted by molar-refractivity contribution is -0.146. The molecule has 178 valence electrons. The number of carbonyl (C=O) groups is 4. The lowest BCUT2D eigenvalue weighted by Gasteiger charge is -2.28. The summed E-state index contributed by atoms with van der Waals surface area (Å²) < 4.78 is 10.5. The Hall–Kier alpha value is -3.92. The van der Waals surface area contributed by atoms with Gasteiger partial charge in [-0.15, -0.1) is 0 Å². The molecule has 2 unspecified atom stereocenters. The summed E-state index contributed by atoms with van der Waals surface area (Å²) in [6, 6.07) is 9.97. The monoisotopic (exact) mass is 466 g/mol. The van der Waals surface area contributed by atoms with Gasteiger partial charge in [-0.2, -0.15) is 0 Å². The Kier molecular flexibility index (Phi) is 6.25. The lowest BCUT2D eigenvalue weighted by Crippen LogP contribution is -2.57. The summed E-state index contributed by atoms with van der Waals surface area (Å²) in [5.41, 5.74) is 2.76. The minimum atomic E-state index is -1.74. The minimum Gasteiger partial charge on any atom is -0.495 e. The Morgan fingerprint density at radius 2 is 1.85 bits per heavy atom. The molecule has 10 heteroatoms. The fourth-order valence-electron chi connectivity index (χ4n) is 4.32. The Morgan fingerprint density at radius 3 is 2.53 bits per heavy atom. The van der Waals surface area contributed by atoms with Gasteiger partial charge in [0.05, 0.1) is 12.8 Å². The molecule has 2 aliphatic rings. The van der Waals surface area contributed by atoms with Crippen molar-refractivity contribution in [2.24, 2.45) is 0 Å². The molecule has 0 spiro atoms. The van der Waals surface area contributed by atoms with Gasteiger partial charge in [-0.25, -0.2) is 9.69 Å². The first-order valence-electron chi connectivity index (χ1n) is 10.8. The lowest BCUT2D eigenvalue weighted by atomic mass is 10.1. The van der Waals surface area contributed by atoms with Crippen LogP contribution >= 0.6 is 0 Å². The van der Waals surface area contributed by atoms with Crippen molar-refractivity contribution in [3.05, 3.63) is 53.6 Å². The van der Waals surface area contributed by atoms with Gasteiger partial charge >= 0.3 is 6.03 Å². The van der Waals surface area contributed by atoms with Crippen molar-refractivity contribution in [3.8, 4) is 5.75 Å². The summed E-state index contributed by atoms with van der Waals surface area (Å²) in [5, 5.41) is 2.68. The van der Waals surface area contributed by atoms with Gasteiger partial charge in [-0.1, -0.05) is 24.3 Å². The molecule has 10 nitrogen and oxygen atoms in total. The highest BCUT2D eigenvalue weighted by molar-refractivity contribution is 6.21. The van der Waals surface area contributed by atoms with Crippen molar-refractivity contribution in [2.45, 2.75) is 25.6 Å². The Bertz CT molecular complexity index is 1170. The van der Waals surface area contributed by atoms with E-state index in [-0.39, 0.29) is 0 Å². The second-order valence-electron chi connectivity index (χ2n) is 8.15. The second kappa shape index (κ2) is 9.14. The number of anilines is 2. The molecule has 34 heavy (non-hydrogen) atoms. The molecule has 2 aliphatic heterocycles. The SMILES string of the molecule is COc1ccc(C)cc1NC(=O)C(C(=O)N1CCc2ccccc21)N1C(=O)C(OC)N(C)C1=O. The summed E-state index contributed by atoms with van der Waals surface area (Å²) >= 11 is 0. The predicted octanol–water partition coefficient (Wildman–Crippen LogP) is 1.77. The van der Waals surface area contributed by atoms with Crippen molar-refractivity contribution >= 4 is 35.1 Å². The molecule has 0 saturated carbocycles. The van der Waals surface area contributed by atoms with E-state index in [0.717, 1.165) is 16.0 Å². The van der Waals surface area contributed by atoms with Gasteiger partial charge in [-0.3, -0.25) is 19.3 Å². The number of hydrogen-bond donors (Lipinski definition) is 1. The van der Waals surface area contributed by atoms with Crippen LogP contribution in [0.1, 0.15) is 11.1 Å². The van der Waals surface area contributed by atoms with Crippen LogP contribution in [-0.2, 0) is 25.5 Å². The number of hydrogen-bond acceptors (Lipinski definition) is 6. The van der Waals surface area contributed by atoms with E-state index in [2.05, 4.69) is 5.32 Å². The van der Waals surface area contributed by atoms with Crippen LogP contribution in [0.4, 0.5) is 16.2 Å². The maximum absolute atomic E-state index is 13.8. The first-order valence-corrected chi connectivity index (χ1v) is 10.8. The van der Waals surface area contributed by atoms with Gasteiger partial charge in [0.15, 0.2) is 6.04 Å². The first-order chi connectivity index (χ1) is 16.3. The van der Waals surface area contributed by atoms with Crippen molar-refractivity contribution in [1.82, 2.24) is 9.80 Å². The summed E-state index contributed by atoms with van der Waals surface area (Å²) in [6.07, 6.45) is -0.625. The topological polar surface area (TPSA) is 108 Å². The maximum Gasteiger partial charge on any atom is 0.330 e. The van der Waals surface area contributed by atoms with Crippen molar-refractivity contribution in [3.63, 3.8) is 0 Å². The van der Waals surface area contributed by atoms with Gasteiger partial charge in [-0.05, 0) is 42.7 Å². The molecule has 2 heterocycles. The maximum atomic E-state index is 13.8. The fourth-order valence-corrected chi connectivity index (χ4v) is 4.32. The number of likely N-dealkylation sites (N-methyl/N-ethyl adjacent to an activating group) is 1. The number of rotatable bonds is 6. The van der Waals surface area contributed by atoms with Crippen LogP contribution in [0.3, 0.4) is 0 Å². The molecule has 1 N–H and O–H groups in total. The number of benzene rings is 2. The van der Waals surface area contributed by atoms with Crippen LogP contribution in [-0.4, -0.2) is 73.6 Å². The van der Waals surface area contributed by atoms with Crippen molar-refractivity contribution < 1.29 is 28.7 Å².